The third kappa shape index (κ3) is 4.44. The van der Waals surface area contributed by atoms with E-state index < -0.39 is 0 Å². The summed E-state index contributed by atoms with van der Waals surface area (Å²) in [7, 11) is 2.06. The lowest BCUT2D eigenvalue weighted by Crippen LogP contribution is -2.42. The smallest absolute Gasteiger partial charge is 0.193 e. The van der Waals surface area contributed by atoms with Crippen LogP contribution in [0.4, 0.5) is 0 Å². The molecule has 0 bridgehead atoms. The number of ether oxygens (including phenoxy) is 1. The molecule has 0 spiro atoms. The quantitative estimate of drug-likeness (QED) is 0.639. The monoisotopic (exact) mass is 275 g/mol. The zero-order valence-electron chi connectivity index (χ0n) is 12.7. The van der Waals surface area contributed by atoms with Gasteiger partial charge in [-0.25, -0.2) is 0 Å². The standard InChI is InChI=1S/C16H25N3O/c1-4-17-16(18-15-12-13(15)2)19(3)10-11-20-14-8-6-5-7-9-14/h5-9,13,15H,4,10-12H2,1-3H3,(H,17,18). The summed E-state index contributed by atoms with van der Waals surface area (Å²) in [5, 5.41) is 3.51. The van der Waals surface area contributed by atoms with Gasteiger partial charge in [-0.3, -0.25) is 4.99 Å². The second-order valence-electron chi connectivity index (χ2n) is 5.34. The highest BCUT2D eigenvalue weighted by Crippen LogP contribution is 2.29. The van der Waals surface area contributed by atoms with Gasteiger partial charge in [0.1, 0.15) is 12.4 Å². The molecule has 0 saturated heterocycles. The van der Waals surface area contributed by atoms with E-state index >= 15 is 0 Å². The molecular weight excluding hydrogens is 250 g/mol. The summed E-state index contributed by atoms with van der Waals surface area (Å²) in [5.74, 6) is 2.67. The van der Waals surface area contributed by atoms with E-state index in [2.05, 4.69) is 36.1 Å². The summed E-state index contributed by atoms with van der Waals surface area (Å²) >= 11 is 0. The molecular formula is C16H25N3O. The molecule has 0 amide bonds. The number of guanidine groups is 1. The predicted molar refractivity (Wildman–Crippen MR) is 83.2 cm³/mol. The van der Waals surface area contributed by atoms with E-state index in [1.165, 1.54) is 6.42 Å². The highest BCUT2D eigenvalue weighted by molar-refractivity contribution is 5.80. The van der Waals surface area contributed by atoms with Crippen molar-refractivity contribution in [3.63, 3.8) is 0 Å². The van der Waals surface area contributed by atoms with Crippen molar-refractivity contribution in [2.45, 2.75) is 26.3 Å². The predicted octanol–water partition coefficient (Wildman–Crippen LogP) is 2.37. The molecule has 0 aliphatic heterocycles. The van der Waals surface area contributed by atoms with Crippen LogP contribution in [0.2, 0.25) is 0 Å². The summed E-state index contributed by atoms with van der Waals surface area (Å²) in [4.78, 5) is 6.68. The Balaban J connectivity index is 1.76. The average molecular weight is 275 g/mol. The molecule has 1 N–H and O–H groups in total. The van der Waals surface area contributed by atoms with E-state index in [0.717, 1.165) is 30.7 Å². The molecule has 1 saturated carbocycles. The van der Waals surface area contributed by atoms with E-state index in [1.54, 1.807) is 0 Å². The molecule has 2 rings (SSSR count). The maximum Gasteiger partial charge on any atom is 0.193 e. The molecule has 2 unspecified atom stereocenters. The fourth-order valence-electron chi connectivity index (χ4n) is 2.04. The van der Waals surface area contributed by atoms with Gasteiger partial charge in [-0.2, -0.15) is 0 Å². The fraction of sp³-hybridized carbons (Fsp3) is 0.562. The number of nitrogens with zero attached hydrogens (tertiary/aromatic N) is 2. The van der Waals surface area contributed by atoms with Crippen molar-refractivity contribution in [3.8, 4) is 5.75 Å². The van der Waals surface area contributed by atoms with Crippen LogP contribution in [0.25, 0.3) is 0 Å². The van der Waals surface area contributed by atoms with Crippen LogP contribution in [-0.2, 0) is 0 Å². The molecule has 0 aromatic heterocycles. The summed E-state index contributed by atoms with van der Waals surface area (Å²) in [5.41, 5.74) is 0. The number of likely N-dealkylation sites (N-methyl/N-ethyl adjacent to an activating group) is 1. The highest BCUT2D eigenvalue weighted by Gasteiger charge is 2.33. The Bertz CT molecular complexity index is 433. The molecule has 1 aliphatic carbocycles. The average Bonchev–Trinajstić information content (AvgIpc) is 3.15. The third-order valence-electron chi connectivity index (χ3n) is 3.53. The van der Waals surface area contributed by atoms with E-state index in [-0.39, 0.29) is 0 Å². The van der Waals surface area contributed by atoms with Gasteiger partial charge in [0.2, 0.25) is 0 Å². The van der Waals surface area contributed by atoms with Crippen LogP contribution >= 0.6 is 0 Å². The molecule has 0 heterocycles. The SMILES string of the molecule is CCN=C(NC1CC1C)N(C)CCOc1ccccc1. The van der Waals surface area contributed by atoms with Gasteiger partial charge in [-0.05, 0) is 31.4 Å². The first-order valence-electron chi connectivity index (χ1n) is 7.40. The molecule has 110 valence electrons. The number of hydrogen-bond donors (Lipinski definition) is 1. The van der Waals surface area contributed by atoms with Crippen LogP contribution < -0.4 is 10.1 Å². The molecule has 1 fully saturated rings. The lowest BCUT2D eigenvalue weighted by Gasteiger charge is -2.22. The van der Waals surface area contributed by atoms with Gasteiger partial charge in [0.15, 0.2) is 5.96 Å². The Kier molecular flexibility index (Phi) is 5.27. The minimum absolute atomic E-state index is 0.595. The van der Waals surface area contributed by atoms with Gasteiger partial charge in [0.05, 0.1) is 6.54 Å². The van der Waals surface area contributed by atoms with Crippen LogP contribution in [0.5, 0.6) is 5.75 Å². The van der Waals surface area contributed by atoms with Crippen LogP contribution in [-0.4, -0.2) is 43.6 Å². The summed E-state index contributed by atoms with van der Waals surface area (Å²) in [6.45, 7) is 6.60. The summed E-state index contributed by atoms with van der Waals surface area (Å²) in [6.07, 6.45) is 1.25. The Hall–Kier alpha value is -1.71. The van der Waals surface area contributed by atoms with E-state index in [1.807, 2.05) is 30.3 Å². The van der Waals surface area contributed by atoms with Gasteiger partial charge < -0.3 is 15.0 Å². The first-order valence-corrected chi connectivity index (χ1v) is 7.40. The zero-order valence-corrected chi connectivity index (χ0v) is 12.7. The number of rotatable bonds is 6. The highest BCUT2D eigenvalue weighted by atomic mass is 16.5. The van der Waals surface area contributed by atoms with Gasteiger partial charge in [0.25, 0.3) is 0 Å². The molecule has 0 radical (unpaired) electrons. The van der Waals surface area contributed by atoms with E-state index in [4.69, 9.17) is 4.74 Å². The van der Waals surface area contributed by atoms with Crippen LogP contribution in [0, 0.1) is 5.92 Å². The van der Waals surface area contributed by atoms with E-state index in [0.29, 0.717) is 12.6 Å². The van der Waals surface area contributed by atoms with Gasteiger partial charge in [-0.1, -0.05) is 25.1 Å². The number of para-hydroxylation sites is 1. The maximum atomic E-state index is 5.72. The summed E-state index contributed by atoms with van der Waals surface area (Å²) in [6, 6.07) is 10.5. The molecule has 2 atom stereocenters. The second kappa shape index (κ2) is 7.17. The molecule has 1 aliphatic rings. The Morgan fingerprint density at radius 3 is 2.70 bits per heavy atom. The van der Waals surface area contributed by atoms with Crippen molar-refractivity contribution in [3.05, 3.63) is 30.3 Å². The molecule has 1 aromatic rings. The molecule has 1 aromatic carbocycles. The first-order chi connectivity index (χ1) is 9.70. The number of benzene rings is 1. The van der Waals surface area contributed by atoms with Crippen molar-refractivity contribution >= 4 is 5.96 Å². The van der Waals surface area contributed by atoms with Crippen LogP contribution in [0.1, 0.15) is 20.3 Å². The van der Waals surface area contributed by atoms with E-state index in [9.17, 15) is 0 Å². The second-order valence-corrected chi connectivity index (χ2v) is 5.34. The first kappa shape index (κ1) is 14.7. The minimum Gasteiger partial charge on any atom is -0.492 e. The third-order valence-corrected chi connectivity index (χ3v) is 3.53. The van der Waals surface area contributed by atoms with Crippen molar-refractivity contribution in [2.75, 3.05) is 26.7 Å². The number of aliphatic imine (C=N–C) groups is 1. The van der Waals surface area contributed by atoms with Gasteiger partial charge in [-0.15, -0.1) is 0 Å². The van der Waals surface area contributed by atoms with Gasteiger partial charge in [0, 0.05) is 19.6 Å². The lowest BCUT2D eigenvalue weighted by molar-refractivity contribution is 0.281. The number of hydrogen-bond acceptors (Lipinski definition) is 2. The normalized spacial score (nSPS) is 21.4. The van der Waals surface area contributed by atoms with Crippen molar-refractivity contribution in [1.29, 1.82) is 0 Å². The van der Waals surface area contributed by atoms with Crippen molar-refractivity contribution in [1.82, 2.24) is 10.2 Å². The van der Waals surface area contributed by atoms with Crippen molar-refractivity contribution in [2.24, 2.45) is 10.9 Å². The summed E-state index contributed by atoms with van der Waals surface area (Å²) < 4.78 is 5.72. The largest absolute Gasteiger partial charge is 0.492 e. The molecule has 20 heavy (non-hydrogen) atoms. The Labute approximate surface area is 121 Å². The topological polar surface area (TPSA) is 36.9 Å². The lowest BCUT2D eigenvalue weighted by atomic mass is 10.3. The minimum atomic E-state index is 0.595. The Morgan fingerprint density at radius 2 is 2.10 bits per heavy atom. The zero-order chi connectivity index (χ0) is 14.4. The van der Waals surface area contributed by atoms with Crippen molar-refractivity contribution < 1.29 is 4.74 Å². The van der Waals surface area contributed by atoms with Crippen LogP contribution in [0.15, 0.2) is 35.3 Å². The van der Waals surface area contributed by atoms with Crippen LogP contribution in [0.3, 0.4) is 0 Å². The fourth-order valence-corrected chi connectivity index (χ4v) is 2.04. The number of nitrogens with one attached hydrogen (secondary N) is 1. The Morgan fingerprint density at radius 1 is 1.40 bits per heavy atom. The molecule has 4 heteroatoms. The maximum absolute atomic E-state index is 5.72. The molecule has 4 nitrogen and oxygen atoms in total. The van der Waals surface area contributed by atoms with Gasteiger partial charge >= 0.3 is 0 Å².